The van der Waals surface area contributed by atoms with Crippen LogP contribution in [-0.2, 0) is 25.7 Å². The van der Waals surface area contributed by atoms with Gasteiger partial charge in [-0.25, -0.2) is 8.78 Å². The molecule has 1 aliphatic carbocycles. The first-order valence-corrected chi connectivity index (χ1v) is 10.4. The molecule has 10 heteroatoms. The lowest BCUT2D eigenvalue weighted by Gasteiger charge is -2.33. The topological polar surface area (TPSA) is 99.2 Å². The molecule has 0 saturated heterocycles. The number of hydrogen-bond acceptors (Lipinski definition) is 7. The number of allylic oxidation sites excluding steroid dienone is 1. The summed E-state index contributed by atoms with van der Waals surface area (Å²) in [5.41, 5.74) is -0.322. The lowest BCUT2D eigenvalue weighted by Crippen LogP contribution is -2.45. The quantitative estimate of drug-likeness (QED) is 0.199. The molecule has 1 aliphatic rings. The Labute approximate surface area is 191 Å². The summed E-state index contributed by atoms with van der Waals surface area (Å²) in [4.78, 5) is 39.2. The van der Waals surface area contributed by atoms with E-state index in [9.17, 15) is 28.3 Å². The van der Waals surface area contributed by atoms with Crippen molar-refractivity contribution in [2.45, 2.75) is 31.8 Å². The minimum Gasteiger partial charge on any atom is -0.513 e. The number of amides is 1. The number of aliphatic hydroxyl groups excluding tert-OH is 1. The monoisotopic (exact) mass is 465 g/mol. The lowest BCUT2D eigenvalue weighted by molar-refractivity contribution is -0.128. The summed E-state index contributed by atoms with van der Waals surface area (Å²) in [6.45, 7) is 2.70. The maximum absolute atomic E-state index is 13.8. The summed E-state index contributed by atoms with van der Waals surface area (Å²) in [6, 6.07) is 3.05. The second-order valence-corrected chi connectivity index (χ2v) is 7.99. The molecule has 180 valence electrons. The van der Waals surface area contributed by atoms with E-state index in [1.165, 1.54) is 24.1 Å². The first-order valence-electron chi connectivity index (χ1n) is 10.4. The van der Waals surface area contributed by atoms with Gasteiger partial charge in [0.15, 0.2) is 6.29 Å². The molecule has 8 nitrogen and oxygen atoms in total. The molecule has 2 N–H and O–H groups in total. The number of rotatable bonds is 13. The fourth-order valence-electron chi connectivity index (χ4n) is 3.40. The number of nitrogens with zero attached hydrogens (tertiary/aromatic N) is 2. The number of likely N-dealkylation sites (N-methyl/N-ethyl adjacent to an activating group) is 1. The Bertz CT molecular complexity index is 944. The SMILES string of the molecule is COCCN(C)C1(CN(/C=C(\C)C(=O)NCc2ccc(F)cc2F)C(=CO)C(=O)C=O)CC1. The van der Waals surface area contributed by atoms with Crippen LogP contribution >= 0.6 is 0 Å². The minimum absolute atomic E-state index is 0.0871. The van der Waals surface area contributed by atoms with Crippen molar-refractivity contribution in [1.29, 1.82) is 0 Å². The number of benzene rings is 1. The largest absolute Gasteiger partial charge is 0.513 e. The summed E-state index contributed by atoms with van der Waals surface area (Å²) in [6.07, 6.45) is 3.63. The van der Waals surface area contributed by atoms with Gasteiger partial charge in [0, 0.05) is 55.7 Å². The second-order valence-electron chi connectivity index (χ2n) is 7.99. The Morgan fingerprint density at radius 3 is 2.55 bits per heavy atom. The fraction of sp³-hybridized carbons (Fsp3) is 0.435. The number of carbonyl (C=O) groups excluding carboxylic acids is 3. The third-order valence-corrected chi connectivity index (χ3v) is 5.69. The van der Waals surface area contributed by atoms with Gasteiger partial charge in [-0.3, -0.25) is 19.3 Å². The van der Waals surface area contributed by atoms with E-state index >= 15 is 0 Å². The predicted octanol–water partition coefficient (Wildman–Crippen LogP) is 2.06. The van der Waals surface area contributed by atoms with Crippen molar-refractivity contribution in [2.75, 3.05) is 33.9 Å². The van der Waals surface area contributed by atoms with Crippen LogP contribution in [0, 0.1) is 11.6 Å². The highest BCUT2D eigenvalue weighted by atomic mass is 19.1. The Kier molecular flexibility index (Phi) is 9.24. The zero-order valence-corrected chi connectivity index (χ0v) is 18.9. The van der Waals surface area contributed by atoms with Crippen molar-refractivity contribution in [3.05, 3.63) is 59.1 Å². The lowest BCUT2D eigenvalue weighted by atomic mass is 10.1. The summed E-state index contributed by atoms with van der Waals surface area (Å²) < 4.78 is 32.0. The van der Waals surface area contributed by atoms with Crippen molar-refractivity contribution < 1.29 is 33.0 Å². The summed E-state index contributed by atoms with van der Waals surface area (Å²) in [7, 11) is 3.51. The van der Waals surface area contributed by atoms with Gasteiger partial charge in [-0.05, 0) is 32.9 Å². The van der Waals surface area contributed by atoms with E-state index in [1.807, 2.05) is 7.05 Å². The number of aliphatic hydroxyl groups is 1. The first-order chi connectivity index (χ1) is 15.7. The molecule has 1 saturated carbocycles. The van der Waals surface area contributed by atoms with Gasteiger partial charge in [0.2, 0.25) is 11.7 Å². The smallest absolute Gasteiger partial charge is 0.248 e. The van der Waals surface area contributed by atoms with E-state index in [-0.39, 0.29) is 41.7 Å². The van der Waals surface area contributed by atoms with Crippen molar-refractivity contribution >= 4 is 18.0 Å². The molecule has 2 rings (SSSR count). The van der Waals surface area contributed by atoms with Crippen LogP contribution in [0.2, 0.25) is 0 Å². The van der Waals surface area contributed by atoms with Gasteiger partial charge in [-0.1, -0.05) is 6.07 Å². The van der Waals surface area contributed by atoms with Crippen molar-refractivity contribution in [3.63, 3.8) is 0 Å². The third-order valence-electron chi connectivity index (χ3n) is 5.69. The van der Waals surface area contributed by atoms with Gasteiger partial charge in [0.05, 0.1) is 6.61 Å². The number of ketones is 1. The van der Waals surface area contributed by atoms with Crippen molar-refractivity contribution in [2.24, 2.45) is 0 Å². The predicted molar refractivity (Wildman–Crippen MR) is 117 cm³/mol. The fourth-order valence-corrected chi connectivity index (χ4v) is 3.40. The maximum Gasteiger partial charge on any atom is 0.248 e. The van der Waals surface area contributed by atoms with E-state index in [0.29, 0.717) is 19.4 Å². The average molecular weight is 465 g/mol. The van der Waals surface area contributed by atoms with E-state index in [1.54, 1.807) is 7.11 Å². The Hall–Kier alpha value is -3.11. The molecule has 0 aromatic heterocycles. The first kappa shape index (κ1) is 26.1. The highest BCUT2D eigenvalue weighted by molar-refractivity contribution is 6.32. The Morgan fingerprint density at radius 1 is 1.30 bits per heavy atom. The van der Waals surface area contributed by atoms with Crippen LogP contribution in [0.4, 0.5) is 8.78 Å². The van der Waals surface area contributed by atoms with Crippen LogP contribution in [0.5, 0.6) is 0 Å². The van der Waals surface area contributed by atoms with Gasteiger partial charge < -0.3 is 20.1 Å². The van der Waals surface area contributed by atoms with Gasteiger partial charge in [0.25, 0.3) is 0 Å². The van der Waals surface area contributed by atoms with E-state index in [0.717, 1.165) is 25.0 Å². The number of methoxy groups -OCH3 is 1. The molecule has 0 atom stereocenters. The summed E-state index contributed by atoms with van der Waals surface area (Å²) >= 11 is 0. The number of aldehydes is 1. The van der Waals surface area contributed by atoms with E-state index in [2.05, 4.69) is 10.2 Å². The van der Waals surface area contributed by atoms with Crippen LogP contribution < -0.4 is 5.32 Å². The normalized spacial score (nSPS) is 15.3. The Morgan fingerprint density at radius 2 is 2.00 bits per heavy atom. The Balaban J connectivity index is 2.20. The zero-order chi connectivity index (χ0) is 24.6. The number of halogens is 2. The standard InChI is InChI=1S/C23H29F2N3O5/c1-16(22(32)26-11-17-4-5-18(24)10-19(17)25)12-28(20(13-29)21(31)14-30)15-23(6-7-23)27(2)8-9-33-3/h4-5,10,12-14,29H,6-9,11,15H2,1-3H3,(H,26,32)/b16-12+,20-13?. The maximum atomic E-state index is 13.8. The molecule has 0 aliphatic heterocycles. The van der Waals surface area contributed by atoms with Crippen LogP contribution in [-0.4, -0.2) is 72.3 Å². The summed E-state index contributed by atoms with van der Waals surface area (Å²) in [5, 5.41) is 12.2. The molecule has 0 heterocycles. The summed E-state index contributed by atoms with van der Waals surface area (Å²) in [5.74, 6) is -3.00. The molecule has 33 heavy (non-hydrogen) atoms. The molecule has 0 spiro atoms. The number of Topliss-reactive ketones (excluding diaryl/α,β-unsaturated/α-hetero) is 1. The third kappa shape index (κ3) is 6.93. The van der Waals surface area contributed by atoms with Crippen LogP contribution in [0.25, 0.3) is 0 Å². The molecule has 1 aromatic carbocycles. The molecule has 0 bridgehead atoms. The number of nitrogens with one attached hydrogen (secondary N) is 1. The zero-order valence-electron chi connectivity index (χ0n) is 18.9. The number of hydrogen-bond donors (Lipinski definition) is 2. The van der Waals surface area contributed by atoms with Gasteiger partial charge in [0.1, 0.15) is 23.6 Å². The molecular weight excluding hydrogens is 436 g/mol. The van der Waals surface area contributed by atoms with E-state index < -0.39 is 23.3 Å². The van der Waals surface area contributed by atoms with E-state index in [4.69, 9.17) is 4.74 Å². The molecule has 0 radical (unpaired) electrons. The van der Waals surface area contributed by atoms with Crippen LogP contribution in [0.1, 0.15) is 25.3 Å². The highest BCUT2D eigenvalue weighted by Crippen LogP contribution is 2.42. The van der Waals surface area contributed by atoms with Gasteiger partial charge in [-0.15, -0.1) is 0 Å². The highest BCUT2D eigenvalue weighted by Gasteiger charge is 2.47. The molecular formula is C23H29F2N3O5. The molecule has 0 unspecified atom stereocenters. The van der Waals surface area contributed by atoms with Crippen molar-refractivity contribution in [3.8, 4) is 0 Å². The van der Waals surface area contributed by atoms with Crippen molar-refractivity contribution in [1.82, 2.24) is 15.1 Å². The van der Waals surface area contributed by atoms with Gasteiger partial charge >= 0.3 is 0 Å². The molecule has 1 fully saturated rings. The van der Waals surface area contributed by atoms with Crippen LogP contribution in [0.15, 0.2) is 41.9 Å². The average Bonchev–Trinajstić information content (AvgIpc) is 3.57. The molecule has 1 aromatic rings. The molecule has 1 amide bonds. The minimum atomic E-state index is -0.939. The van der Waals surface area contributed by atoms with Gasteiger partial charge in [-0.2, -0.15) is 0 Å². The number of carbonyl (C=O) groups is 3. The van der Waals surface area contributed by atoms with Crippen LogP contribution in [0.3, 0.4) is 0 Å². The number of ether oxygens (including phenoxy) is 1. The second kappa shape index (κ2) is 11.7.